The van der Waals surface area contributed by atoms with Gasteiger partial charge in [0.25, 0.3) is 0 Å². The van der Waals surface area contributed by atoms with Crippen LogP contribution in [0.1, 0.15) is 29.9 Å². The SMILES string of the molecule is O=C(NC[C@]1(CO)CC[C@H]1c1ccccc1)OCc1ccccc1. The maximum Gasteiger partial charge on any atom is 0.407 e. The van der Waals surface area contributed by atoms with Crippen LogP contribution >= 0.6 is 0 Å². The molecule has 0 spiro atoms. The van der Waals surface area contributed by atoms with Crippen molar-refractivity contribution in [3.63, 3.8) is 0 Å². The third kappa shape index (κ3) is 3.60. The Morgan fingerprint density at radius 3 is 2.38 bits per heavy atom. The van der Waals surface area contributed by atoms with Gasteiger partial charge in [0.1, 0.15) is 6.61 Å². The largest absolute Gasteiger partial charge is 0.445 e. The van der Waals surface area contributed by atoms with Crippen LogP contribution in [0.25, 0.3) is 0 Å². The standard InChI is InChI=1S/C20H23NO3/c22-15-20(12-11-18(20)17-9-5-2-6-10-17)14-21-19(23)24-13-16-7-3-1-4-8-16/h1-10,18,22H,11-15H2,(H,21,23)/t18-,20-/m0/s1. The summed E-state index contributed by atoms with van der Waals surface area (Å²) in [7, 11) is 0. The van der Waals surface area contributed by atoms with Gasteiger partial charge in [0.15, 0.2) is 0 Å². The molecule has 1 saturated carbocycles. The quantitative estimate of drug-likeness (QED) is 0.855. The van der Waals surface area contributed by atoms with Crippen LogP contribution in [-0.2, 0) is 11.3 Å². The van der Waals surface area contributed by atoms with E-state index >= 15 is 0 Å². The second kappa shape index (κ2) is 7.49. The molecule has 24 heavy (non-hydrogen) atoms. The Labute approximate surface area is 142 Å². The number of alkyl carbamates (subject to hydrolysis) is 1. The number of amides is 1. The van der Waals surface area contributed by atoms with Gasteiger partial charge in [-0.25, -0.2) is 4.79 Å². The van der Waals surface area contributed by atoms with Crippen LogP contribution < -0.4 is 5.32 Å². The molecular weight excluding hydrogens is 302 g/mol. The third-order valence-electron chi connectivity index (χ3n) is 4.98. The van der Waals surface area contributed by atoms with E-state index in [4.69, 9.17) is 4.74 Å². The number of aliphatic hydroxyl groups excluding tert-OH is 1. The van der Waals surface area contributed by atoms with Gasteiger partial charge in [0.2, 0.25) is 0 Å². The Morgan fingerprint density at radius 1 is 1.12 bits per heavy atom. The summed E-state index contributed by atoms with van der Waals surface area (Å²) in [5.41, 5.74) is 1.89. The molecule has 2 N–H and O–H groups in total. The number of ether oxygens (including phenoxy) is 1. The molecule has 1 aliphatic rings. The van der Waals surface area contributed by atoms with Gasteiger partial charge in [0.05, 0.1) is 6.61 Å². The summed E-state index contributed by atoms with van der Waals surface area (Å²) in [6.07, 6.45) is 1.50. The number of carbonyl (C=O) groups excluding carboxylic acids is 1. The number of nitrogens with one attached hydrogen (secondary N) is 1. The van der Waals surface area contributed by atoms with E-state index < -0.39 is 6.09 Å². The molecule has 4 heteroatoms. The second-order valence-corrected chi connectivity index (χ2v) is 6.44. The average Bonchev–Trinajstić information content (AvgIpc) is 2.62. The molecule has 1 aliphatic carbocycles. The lowest BCUT2D eigenvalue weighted by atomic mass is 9.58. The summed E-state index contributed by atoms with van der Waals surface area (Å²) in [6, 6.07) is 19.8. The Balaban J connectivity index is 1.53. The molecule has 0 saturated heterocycles. The fraction of sp³-hybridized carbons (Fsp3) is 0.350. The van der Waals surface area contributed by atoms with Crippen LogP contribution in [0.5, 0.6) is 0 Å². The van der Waals surface area contributed by atoms with Crippen molar-refractivity contribution in [3.8, 4) is 0 Å². The Bertz CT molecular complexity index is 655. The van der Waals surface area contributed by atoms with E-state index in [2.05, 4.69) is 17.4 Å². The van der Waals surface area contributed by atoms with Gasteiger partial charge < -0.3 is 15.2 Å². The van der Waals surface area contributed by atoms with Crippen LogP contribution in [0.3, 0.4) is 0 Å². The summed E-state index contributed by atoms with van der Waals surface area (Å²) in [4.78, 5) is 11.9. The topological polar surface area (TPSA) is 58.6 Å². The lowest BCUT2D eigenvalue weighted by Crippen LogP contribution is -2.50. The van der Waals surface area contributed by atoms with Crippen molar-refractivity contribution in [2.45, 2.75) is 25.4 Å². The van der Waals surface area contributed by atoms with Crippen molar-refractivity contribution in [2.24, 2.45) is 5.41 Å². The fourth-order valence-corrected chi connectivity index (χ4v) is 3.38. The minimum Gasteiger partial charge on any atom is -0.445 e. The first-order valence-electron chi connectivity index (χ1n) is 8.34. The first-order chi connectivity index (χ1) is 11.7. The minimum atomic E-state index is -0.439. The van der Waals surface area contributed by atoms with Crippen LogP contribution in [0.15, 0.2) is 60.7 Å². The molecule has 126 valence electrons. The molecule has 0 radical (unpaired) electrons. The first-order valence-corrected chi connectivity index (χ1v) is 8.34. The molecule has 0 aromatic heterocycles. The molecule has 0 aliphatic heterocycles. The summed E-state index contributed by atoms with van der Waals surface area (Å²) in [6.45, 7) is 0.739. The molecule has 2 atom stereocenters. The van der Waals surface area contributed by atoms with Crippen molar-refractivity contribution in [2.75, 3.05) is 13.2 Å². The van der Waals surface area contributed by atoms with Gasteiger partial charge >= 0.3 is 6.09 Å². The fourth-order valence-electron chi connectivity index (χ4n) is 3.38. The van der Waals surface area contributed by atoms with Crippen molar-refractivity contribution in [1.82, 2.24) is 5.32 Å². The number of rotatable bonds is 6. The van der Waals surface area contributed by atoms with Crippen molar-refractivity contribution in [3.05, 3.63) is 71.8 Å². The zero-order valence-electron chi connectivity index (χ0n) is 13.7. The summed E-state index contributed by atoms with van der Waals surface area (Å²) >= 11 is 0. The normalized spacial score (nSPS) is 22.5. The number of hydrogen-bond acceptors (Lipinski definition) is 3. The highest BCUT2D eigenvalue weighted by molar-refractivity contribution is 5.67. The van der Waals surface area contributed by atoms with E-state index in [-0.39, 0.29) is 24.5 Å². The van der Waals surface area contributed by atoms with E-state index in [9.17, 15) is 9.90 Å². The van der Waals surface area contributed by atoms with Gasteiger partial charge in [-0.05, 0) is 29.9 Å². The van der Waals surface area contributed by atoms with E-state index in [0.29, 0.717) is 6.54 Å². The van der Waals surface area contributed by atoms with Gasteiger partial charge in [-0.3, -0.25) is 0 Å². The van der Waals surface area contributed by atoms with Gasteiger partial charge in [-0.2, -0.15) is 0 Å². The molecule has 2 aromatic rings. The summed E-state index contributed by atoms with van der Waals surface area (Å²) < 4.78 is 5.25. The first kappa shape index (κ1) is 16.5. The number of hydrogen-bond donors (Lipinski definition) is 2. The zero-order chi connectivity index (χ0) is 16.8. The highest BCUT2D eigenvalue weighted by atomic mass is 16.5. The Morgan fingerprint density at radius 2 is 1.79 bits per heavy atom. The predicted molar refractivity (Wildman–Crippen MR) is 92.6 cm³/mol. The van der Waals surface area contributed by atoms with Crippen molar-refractivity contribution >= 4 is 6.09 Å². The van der Waals surface area contributed by atoms with Gasteiger partial charge in [-0.1, -0.05) is 60.7 Å². The van der Waals surface area contributed by atoms with Crippen molar-refractivity contribution in [1.29, 1.82) is 0 Å². The highest BCUT2D eigenvalue weighted by Gasteiger charge is 2.47. The Kier molecular flexibility index (Phi) is 5.16. The summed E-state index contributed by atoms with van der Waals surface area (Å²) in [5, 5.41) is 12.7. The van der Waals surface area contributed by atoms with Crippen LogP contribution in [0.4, 0.5) is 4.79 Å². The van der Waals surface area contributed by atoms with Crippen molar-refractivity contribution < 1.29 is 14.6 Å². The second-order valence-electron chi connectivity index (χ2n) is 6.44. The monoisotopic (exact) mass is 325 g/mol. The molecule has 2 aromatic carbocycles. The lowest BCUT2D eigenvalue weighted by Gasteiger charge is -2.49. The lowest BCUT2D eigenvalue weighted by molar-refractivity contribution is 0.0154. The van der Waals surface area contributed by atoms with E-state index in [1.165, 1.54) is 5.56 Å². The molecule has 0 unspecified atom stereocenters. The number of carbonyl (C=O) groups is 1. The van der Waals surface area contributed by atoms with Crippen LogP contribution in [-0.4, -0.2) is 24.4 Å². The van der Waals surface area contributed by atoms with E-state index in [0.717, 1.165) is 18.4 Å². The summed E-state index contributed by atoms with van der Waals surface area (Å²) in [5.74, 6) is 0.276. The molecule has 1 amide bonds. The smallest absolute Gasteiger partial charge is 0.407 e. The average molecular weight is 325 g/mol. The molecule has 4 nitrogen and oxygen atoms in total. The molecule has 0 heterocycles. The third-order valence-corrected chi connectivity index (χ3v) is 4.98. The maximum absolute atomic E-state index is 11.9. The number of aliphatic hydroxyl groups is 1. The van der Waals surface area contributed by atoms with Crippen LogP contribution in [0.2, 0.25) is 0 Å². The molecular formula is C20H23NO3. The van der Waals surface area contributed by atoms with E-state index in [1.807, 2.05) is 48.5 Å². The van der Waals surface area contributed by atoms with Gasteiger partial charge in [-0.15, -0.1) is 0 Å². The number of benzene rings is 2. The minimum absolute atomic E-state index is 0.0610. The van der Waals surface area contributed by atoms with E-state index in [1.54, 1.807) is 0 Å². The zero-order valence-corrected chi connectivity index (χ0v) is 13.7. The van der Waals surface area contributed by atoms with Gasteiger partial charge in [0, 0.05) is 12.0 Å². The molecule has 3 rings (SSSR count). The van der Waals surface area contributed by atoms with Crippen LogP contribution in [0, 0.1) is 5.41 Å². The molecule has 1 fully saturated rings. The highest BCUT2D eigenvalue weighted by Crippen LogP contribution is 2.52. The molecule has 0 bridgehead atoms. The maximum atomic E-state index is 11.9. The Hall–Kier alpha value is -2.33. The predicted octanol–water partition coefficient (Wildman–Crippen LogP) is 3.47.